The van der Waals surface area contributed by atoms with Crippen molar-refractivity contribution in [2.45, 2.75) is 13.5 Å². The first-order chi connectivity index (χ1) is 16.6. The molecule has 2 aromatic heterocycles. The highest BCUT2D eigenvalue weighted by molar-refractivity contribution is 7.13. The number of benzene rings is 2. The Bertz CT molecular complexity index is 1270. The largest absolute Gasteiger partial charge is 0.493 e. The van der Waals surface area contributed by atoms with Crippen molar-refractivity contribution in [1.29, 1.82) is 0 Å². The molecular weight excluding hydrogens is 452 g/mol. The van der Waals surface area contributed by atoms with Gasteiger partial charge in [-0.2, -0.15) is 5.10 Å². The van der Waals surface area contributed by atoms with E-state index in [1.54, 1.807) is 29.1 Å². The predicted molar refractivity (Wildman–Crippen MR) is 130 cm³/mol. The maximum Gasteiger partial charge on any atom is 0.273 e. The van der Waals surface area contributed by atoms with Crippen molar-refractivity contribution < 1.29 is 19.1 Å². The van der Waals surface area contributed by atoms with E-state index in [9.17, 15) is 9.59 Å². The Kier molecular flexibility index (Phi) is 7.24. The van der Waals surface area contributed by atoms with Crippen LogP contribution in [-0.2, 0) is 6.54 Å². The second-order valence-electron chi connectivity index (χ2n) is 7.26. The summed E-state index contributed by atoms with van der Waals surface area (Å²) in [5.74, 6) is 0.0259. The highest BCUT2D eigenvalue weighted by Gasteiger charge is 2.20. The molecule has 0 atom stereocenters. The Balaban J connectivity index is 1.50. The lowest BCUT2D eigenvalue weighted by atomic mass is 10.2. The number of hydrogen-bond donors (Lipinski definition) is 2. The average Bonchev–Trinajstić information content (AvgIpc) is 3.53. The SMILES string of the molecule is CCOc1ccc(C(=O)NNC(=O)c2cn(Cc3ccccc3)nc2-c2cccs2)cc1OC. The molecule has 2 N–H and O–H groups in total. The van der Waals surface area contributed by atoms with E-state index in [1.807, 2.05) is 54.8 Å². The Morgan fingerprint density at radius 2 is 1.79 bits per heavy atom. The number of amides is 2. The highest BCUT2D eigenvalue weighted by Crippen LogP contribution is 2.28. The summed E-state index contributed by atoms with van der Waals surface area (Å²) in [6.07, 6.45) is 1.68. The molecule has 8 nitrogen and oxygen atoms in total. The third-order valence-corrected chi connectivity index (χ3v) is 5.84. The summed E-state index contributed by atoms with van der Waals surface area (Å²) in [5, 5.41) is 6.55. The third kappa shape index (κ3) is 5.26. The number of aromatic nitrogens is 2. The summed E-state index contributed by atoms with van der Waals surface area (Å²) in [4.78, 5) is 26.5. The van der Waals surface area contributed by atoms with Crippen LogP contribution < -0.4 is 20.3 Å². The van der Waals surface area contributed by atoms with Gasteiger partial charge in [0.05, 0.1) is 30.7 Å². The van der Waals surface area contributed by atoms with Gasteiger partial charge in [-0.15, -0.1) is 11.3 Å². The number of nitrogens with one attached hydrogen (secondary N) is 2. The lowest BCUT2D eigenvalue weighted by Crippen LogP contribution is -2.41. The van der Waals surface area contributed by atoms with Crippen LogP contribution in [0.2, 0.25) is 0 Å². The van der Waals surface area contributed by atoms with Crippen molar-refractivity contribution in [3.05, 3.63) is 88.9 Å². The van der Waals surface area contributed by atoms with Crippen molar-refractivity contribution in [1.82, 2.24) is 20.6 Å². The van der Waals surface area contributed by atoms with Gasteiger partial charge in [-0.3, -0.25) is 25.1 Å². The molecule has 0 fully saturated rings. The fourth-order valence-corrected chi connectivity index (χ4v) is 4.09. The van der Waals surface area contributed by atoms with E-state index in [0.717, 1.165) is 10.4 Å². The van der Waals surface area contributed by atoms with Crippen molar-refractivity contribution in [2.24, 2.45) is 0 Å². The minimum absolute atomic E-state index is 0.318. The van der Waals surface area contributed by atoms with Crippen LogP contribution in [0.25, 0.3) is 10.6 Å². The number of ether oxygens (including phenoxy) is 2. The molecule has 0 unspecified atom stereocenters. The van der Waals surface area contributed by atoms with E-state index < -0.39 is 11.8 Å². The number of thiophene rings is 1. The van der Waals surface area contributed by atoms with Gasteiger partial charge >= 0.3 is 0 Å². The van der Waals surface area contributed by atoms with Crippen LogP contribution in [0, 0.1) is 0 Å². The lowest BCUT2D eigenvalue weighted by Gasteiger charge is -2.11. The van der Waals surface area contributed by atoms with Crippen LogP contribution in [0.1, 0.15) is 33.2 Å². The van der Waals surface area contributed by atoms with Crippen LogP contribution in [0.3, 0.4) is 0 Å². The first-order valence-electron chi connectivity index (χ1n) is 10.7. The van der Waals surface area contributed by atoms with Gasteiger partial charge in [0.1, 0.15) is 5.69 Å². The fraction of sp³-hybridized carbons (Fsp3) is 0.160. The molecule has 0 saturated carbocycles. The number of carbonyl (C=O) groups is 2. The minimum atomic E-state index is -0.482. The van der Waals surface area contributed by atoms with E-state index >= 15 is 0 Å². The zero-order valence-corrected chi connectivity index (χ0v) is 19.6. The molecular formula is C25H24N4O4S. The standard InChI is InChI=1S/C25H24N4O4S/c1-3-33-20-12-11-18(14-21(20)32-2)24(30)26-27-25(31)19-16-29(15-17-8-5-4-6-9-17)28-23(19)22-10-7-13-34-22/h4-14,16H,3,15H2,1-2H3,(H,26,30)(H,27,31). The zero-order chi connectivity index (χ0) is 23.9. The summed E-state index contributed by atoms with van der Waals surface area (Å²) in [6.45, 7) is 2.86. The molecule has 0 aliphatic rings. The molecule has 174 valence electrons. The molecule has 0 spiro atoms. The van der Waals surface area contributed by atoms with Gasteiger partial charge in [0.2, 0.25) is 0 Å². The van der Waals surface area contributed by atoms with Crippen molar-refractivity contribution in [3.8, 4) is 22.1 Å². The number of rotatable bonds is 8. The molecule has 0 saturated heterocycles. The van der Waals surface area contributed by atoms with Gasteiger partial charge in [0, 0.05) is 11.8 Å². The second-order valence-corrected chi connectivity index (χ2v) is 8.21. The zero-order valence-electron chi connectivity index (χ0n) is 18.8. The number of nitrogens with zero attached hydrogens (tertiary/aromatic N) is 2. The quantitative estimate of drug-likeness (QED) is 0.373. The van der Waals surface area contributed by atoms with E-state index in [-0.39, 0.29) is 0 Å². The molecule has 34 heavy (non-hydrogen) atoms. The molecule has 4 aromatic rings. The Morgan fingerprint density at radius 3 is 2.50 bits per heavy atom. The predicted octanol–water partition coefficient (Wildman–Crippen LogP) is 4.14. The fourth-order valence-electron chi connectivity index (χ4n) is 3.37. The Labute approximate surface area is 201 Å². The van der Waals surface area contributed by atoms with Gasteiger partial charge in [-0.25, -0.2) is 0 Å². The van der Waals surface area contributed by atoms with Crippen LogP contribution in [0.15, 0.2) is 72.2 Å². The smallest absolute Gasteiger partial charge is 0.273 e. The summed E-state index contributed by atoms with van der Waals surface area (Å²) < 4.78 is 12.5. The van der Waals surface area contributed by atoms with Crippen LogP contribution >= 0.6 is 11.3 Å². The molecule has 9 heteroatoms. The van der Waals surface area contributed by atoms with Gasteiger partial charge in [-0.05, 0) is 42.1 Å². The molecule has 0 bridgehead atoms. The van der Waals surface area contributed by atoms with Gasteiger partial charge in [0.25, 0.3) is 11.8 Å². The maximum absolute atomic E-state index is 13.0. The third-order valence-electron chi connectivity index (χ3n) is 4.96. The number of carbonyl (C=O) groups excluding carboxylic acids is 2. The normalized spacial score (nSPS) is 10.5. The molecule has 0 aliphatic heterocycles. The van der Waals surface area contributed by atoms with Crippen LogP contribution in [0.4, 0.5) is 0 Å². The van der Waals surface area contributed by atoms with E-state index in [0.29, 0.717) is 41.5 Å². The molecule has 4 rings (SSSR count). The van der Waals surface area contributed by atoms with Crippen molar-refractivity contribution >= 4 is 23.2 Å². The molecule has 0 aliphatic carbocycles. The monoisotopic (exact) mass is 476 g/mol. The van der Waals surface area contributed by atoms with Gasteiger partial charge < -0.3 is 9.47 Å². The Morgan fingerprint density at radius 1 is 1.00 bits per heavy atom. The van der Waals surface area contributed by atoms with E-state index in [1.165, 1.54) is 18.4 Å². The molecule has 2 aromatic carbocycles. The second kappa shape index (κ2) is 10.7. The number of hydrogen-bond acceptors (Lipinski definition) is 6. The first-order valence-corrected chi connectivity index (χ1v) is 11.5. The molecule has 2 heterocycles. The summed E-state index contributed by atoms with van der Waals surface area (Å²) >= 11 is 1.49. The number of hydrazine groups is 1. The molecule has 2 amide bonds. The average molecular weight is 477 g/mol. The van der Waals surface area contributed by atoms with Crippen molar-refractivity contribution in [3.63, 3.8) is 0 Å². The lowest BCUT2D eigenvalue weighted by molar-refractivity contribution is 0.0847. The summed E-state index contributed by atoms with van der Waals surface area (Å²) in [7, 11) is 1.50. The summed E-state index contributed by atoms with van der Waals surface area (Å²) in [6, 6.07) is 18.5. The molecule has 0 radical (unpaired) electrons. The van der Waals surface area contributed by atoms with Crippen molar-refractivity contribution in [2.75, 3.05) is 13.7 Å². The van der Waals surface area contributed by atoms with Crippen LogP contribution in [0.5, 0.6) is 11.5 Å². The maximum atomic E-state index is 13.0. The van der Waals surface area contributed by atoms with E-state index in [4.69, 9.17) is 9.47 Å². The Hall–Kier alpha value is -4.11. The van der Waals surface area contributed by atoms with Gasteiger partial charge in [0.15, 0.2) is 11.5 Å². The topological polar surface area (TPSA) is 94.5 Å². The minimum Gasteiger partial charge on any atom is -0.493 e. The number of methoxy groups -OCH3 is 1. The highest BCUT2D eigenvalue weighted by atomic mass is 32.1. The first kappa shape index (κ1) is 23.1. The van der Waals surface area contributed by atoms with E-state index in [2.05, 4.69) is 16.0 Å². The van der Waals surface area contributed by atoms with Gasteiger partial charge in [-0.1, -0.05) is 36.4 Å². The summed E-state index contributed by atoms with van der Waals surface area (Å²) in [5.41, 5.74) is 7.26. The van der Waals surface area contributed by atoms with Crippen LogP contribution in [-0.4, -0.2) is 35.3 Å².